The summed E-state index contributed by atoms with van der Waals surface area (Å²) in [6.45, 7) is 0. The lowest BCUT2D eigenvalue weighted by atomic mass is 10.1. The van der Waals surface area contributed by atoms with Crippen molar-refractivity contribution in [1.29, 1.82) is 0 Å². The van der Waals surface area contributed by atoms with Crippen molar-refractivity contribution in [3.63, 3.8) is 0 Å². The summed E-state index contributed by atoms with van der Waals surface area (Å²) in [5, 5.41) is 1.84. The topological polar surface area (TPSA) is 67.8 Å². The van der Waals surface area contributed by atoms with Gasteiger partial charge in [0, 0.05) is 23.4 Å². The SMILES string of the molecule is O=S(=O)(c1ccccc1)n1c2ccccc2c2cc(Cc3c[nH]cn3)ccc21. The Morgan fingerprint density at radius 2 is 1.61 bits per heavy atom. The molecule has 5 rings (SSSR count). The van der Waals surface area contributed by atoms with Gasteiger partial charge in [-0.2, -0.15) is 0 Å². The zero-order valence-electron chi connectivity index (χ0n) is 14.9. The number of nitrogens with one attached hydrogen (secondary N) is 1. The van der Waals surface area contributed by atoms with E-state index in [4.69, 9.17) is 0 Å². The molecule has 0 aliphatic rings. The Morgan fingerprint density at radius 1 is 0.857 bits per heavy atom. The van der Waals surface area contributed by atoms with Crippen molar-refractivity contribution in [3.8, 4) is 0 Å². The van der Waals surface area contributed by atoms with Gasteiger partial charge in [-0.3, -0.25) is 0 Å². The molecular formula is C22H17N3O2S. The Bertz CT molecular complexity index is 1390. The number of nitrogens with zero attached hydrogens (tertiary/aromatic N) is 2. The van der Waals surface area contributed by atoms with Gasteiger partial charge in [-0.25, -0.2) is 17.4 Å². The Morgan fingerprint density at radius 3 is 2.39 bits per heavy atom. The highest BCUT2D eigenvalue weighted by Gasteiger charge is 2.23. The van der Waals surface area contributed by atoms with Gasteiger partial charge in [0.2, 0.25) is 0 Å². The molecule has 138 valence electrons. The molecule has 0 amide bonds. The molecule has 0 fully saturated rings. The van der Waals surface area contributed by atoms with Crippen molar-refractivity contribution in [2.24, 2.45) is 0 Å². The molecule has 0 saturated carbocycles. The van der Waals surface area contributed by atoms with Crippen molar-refractivity contribution in [1.82, 2.24) is 13.9 Å². The van der Waals surface area contributed by atoms with Gasteiger partial charge in [0.05, 0.1) is 28.0 Å². The molecule has 0 atom stereocenters. The first-order valence-electron chi connectivity index (χ1n) is 8.95. The van der Waals surface area contributed by atoms with Crippen LogP contribution in [-0.2, 0) is 16.4 Å². The van der Waals surface area contributed by atoms with Crippen molar-refractivity contribution in [3.05, 3.63) is 96.6 Å². The van der Waals surface area contributed by atoms with Gasteiger partial charge in [-0.05, 0) is 35.9 Å². The van der Waals surface area contributed by atoms with E-state index in [1.165, 1.54) is 3.97 Å². The zero-order chi connectivity index (χ0) is 19.1. The van der Waals surface area contributed by atoms with Crippen molar-refractivity contribution in [2.75, 3.05) is 0 Å². The van der Waals surface area contributed by atoms with E-state index in [9.17, 15) is 8.42 Å². The summed E-state index contributed by atoms with van der Waals surface area (Å²) in [6, 6.07) is 22.1. The Kier molecular flexibility index (Phi) is 3.80. The fraction of sp³-hybridized carbons (Fsp3) is 0.0455. The average Bonchev–Trinajstić information content (AvgIpc) is 3.34. The lowest BCUT2D eigenvalue weighted by Crippen LogP contribution is -2.12. The molecule has 0 saturated heterocycles. The minimum Gasteiger partial charge on any atom is -0.351 e. The molecule has 0 aliphatic carbocycles. The number of fused-ring (bicyclic) bond motifs is 3. The maximum Gasteiger partial charge on any atom is 0.268 e. The molecule has 0 radical (unpaired) electrons. The summed E-state index contributed by atoms with van der Waals surface area (Å²) in [5.74, 6) is 0. The molecule has 6 heteroatoms. The summed E-state index contributed by atoms with van der Waals surface area (Å²) in [6.07, 6.45) is 4.21. The Labute approximate surface area is 162 Å². The standard InChI is InChI=1S/C22H17N3O2S/c26-28(27,18-6-2-1-3-7-18)25-21-9-5-4-8-19(21)20-13-16(10-11-22(20)25)12-17-14-23-15-24-17/h1-11,13-15H,12H2,(H,23,24). The second kappa shape index (κ2) is 6.35. The van der Waals surface area contributed by atoms with Crippen molar-refractivity contribution < 1.29 is 8.42 Å². The van der Waals surface area contributed by atoms with Gasteiger partial charge in [0.1, 0.15) is 0 Å². The third kappa shape index (κ3) is 2.61. The lowest BCUT2D eigenvalue weighted by molar-refractivity contribution is 0.590. The van der Waals surface area contributed by atoms with Crippen LogP contribution in [0.5, 0.6) is 0 Å². The Hall–Kier alpha value is -3.38. The molecule has 0 bridgehead atoms. The van der Waals surface area contributed by atoms with Crippen LogP contribution in [-0.4, -0.2) is 22.4 Å². The molecule has 2 heterocycles. The molecule has 1 N–H and O–H groups in total. The summed E-state index contributed by atoms with van der Waals surface area (Å²) in [5.41, 5.74) is 3.38. The van der Waals surface area contributed by atoms with Crippen LogP contribution in [0.4, 0.5) is 0 Å². The van der Waals surface area contributed by atoms with Crippen LogP contribution < -0.4 is 0 Å². The maximum atomic E-state index is 13.4. The minimum atomic E-state index is -3.71. The van der Waals surface area contributed by atoms with Crippen LogP contribution >= 0.6 is 0 Å². The number of aromatic nitrogens is 3. The van der Waals surface area contributed by atoms with Gasteiger partial charge < -0.3 is 4.98 Å². The summed E-state index contributed by atoms with van der Waals surface area (Å²) in [7, 11) is -3.71. The number of rotatable bonds is 4. The zero-order valence-corrected chi connectivity index (χ0v) is 15.7. The van der Waals surface area contributed by atoms with E-state index in [1.807, 2.05) is 48.7 Å². The van der Waals surface area contributed by atoms with Gasteiger partial charge in [0.15, 0.2) is 0 Å². The molecule has 5 nitrogen and oxygen atoms in total. The molecule has 28 heavy (non-hydrogen) atoms. The third-order valence-electron chi connectivity index (χ3n) is 4.91. The van der Waals surface area contributed by atoms with Crippen LogP contribution in [0.1, 0.15) is 11.3 Å². The van der Waals surface area contributed by atoms with E-state index in [0.29, 0.717) is 17.5 Å². The highest BCUT2D eigenvalue weighted by atomic mass is 32.2. The van der Waals surface area contributed by atoms with Gasteiger partial charge in [0.25, 0.3) is 10.0 Å². The molecular weight excluding hydrogens is 370 g/mol. The molecule has 5 aromatic rings. The average molecular weight is 387 g/mol. The van der Waals surface area contributed by atoms with E-state index in [2.05, 4.69) is 16.0 Å². The number of para-hydroxylation sites is 1. The van der Waals surface area contributed by atoms with E-state index < -0.39 is 10.0 Å². The first-order valence-corrected chi connectivity index (χ1v) is 10.4. The van der Waals surface area contributed by atoms with Gasteiger partial charge >= 0.3 is 0 Å². The minimum absolute atomic E-state index is 0.276. The fourth-order valence-corrected chi connectivity index (χ4v) is 5.20. The third-order valence-corrected chi connectivity index (χ3v) is 6.66. The highest BCUT2D eigenvalue weighted by molar-refractivity contribution is 7.90. The number of benzene rings is 3. The van der Waals surface area contributed by atoms with Crippen LogP contribution in [0.15, 0.2) is 90.2 Å². The number of imidazole rings is 1. The van der Waals surface area contributed by atoms with Crippen molar-refractivity contribution in [2.45, 2.75) is 11.3 Å². The predicted octanol–water partition coefficient (Wildman–Crippen LogP) is 4.35. The second-order valence-corrected chi connectivity index (χ2v) is 8.48. The molecule has 0 aliphatic heterocycles. The second-order valence-electron chi connectivity index (χ2n) is 6.69. The monoisotopic (exact) mass is 387 g/mol. The maximum absolute atomic E-state index is 13.4. The molecule has 3 aromatic carbocycles. The van der Waals surface area contributed by atoms with E-state index in [1.54, 1.807) is 30.6 Å². The van der Waals surface area contributed by atoms with Crippen LogP contribution in [0, 0.1) is 0 Å². The highest BCUT2D eigenvalue weighted by Crippen LogP contribution is 2.33. The first-order chi connectivity index (χ1) is 13.6. The van der Waals surface area contributed by atoms with Gasteiger partial charge in [-0.15, -0.1) is 0 Å². The van der Waals surface area contributed by atoms with Gasteiger partial charge in [-0.1, -0.05) is 42.5 Å². The van der Waals surface area contributed by atoms with Crippen LogP contribution in [0.2, 0.25) is 0 Å². The van der Waals surface area contributed by atoms with Crippen molar-refractivity contribution >= 4 is 31.8 Å². The fourth-order valence-electron chi connectivity index (χ4n) is 3.65. The van der Waals surface area contributed by atoms with Crippen LogP contribution in [0.3, 0.4) is 0 Å². The normalized spacial score (nSPS) is 12.0. The van der Waals surface area contributed by atoms with E-state index in [-0.39, 0.29) is 4.90 Å². The largest absolute Gasteiger partial charge is 0.351 e. The predicted molar refractivity (Wildman–Crippen MR) is 110 cm³/mol. The van der Waals surface area contributed by atoms with E-state index in [0.717, 1.165) is 22.0 Å². The molecule has 0 unspecified atom stereocenters. The number of H-pyrrole nitrogens is 1. The summed E-state index contributed by atoms with van der Waals surface area (Å²) in [4.78, 5) is 7.52. The van der Waals surface area contributed by atoms with Crippen LogP contribution in [0.25, 0.3) is 21.8 Å². The summed E-state index contributed by atoms with van der Waals surface area (Å²) >= 11 is 0. The van der Waals surface area contributed by atoms with E-state index >= 15 is 0 Å². The number of aromatic amines is 1. The lowest BCUT2D eigenvalue weighted by Gasteiger charge is -2.09. The first kappa shape index (κ1) is 16.8. The summed E-state index contributed by atoms with van der Waals surface area (Å²) < 4.78 is 28.3. The molecule has 0 spiro atoms. The number of hydrogen-bond acceptors (Lipinski definition) is 3. The Balaban J connectivity index is 1.77. The molecule has 2 aromatic heterocycles. The number of hydrogen-bond donors (Lipinski definition) is 1. The quantitative estimate of drug-likeness (QED) is 0.499. The smallest absolute Gasteiger partial charge is 0.268 e.